The number of amides is 2. The van der Waals surface area contributed by atoms with Gasteiger partial charge in [0.05, 0.1) is 11.8 Å². The molecule has 5 nitrogen and oxygen atoms in total. The summed E-state index contributed by atoms with van der Waals surface area (Å²) in [4.78, 5) is 29.5. The van der Waals surface area contributed by atoms with Gasteiger partial charge in [0.25, 0.3) is 0 Å². The molecule has 0 saturated heterocycles. The molecule has 2 aromatic rings. The summed E-state index contributed by atoms with van der Waals surface area (Å²) in [5.74, 6) is -0.115. The van der Waals surface area contributed by atoms with Crippen molar-refractivity contribution in [2.24, 2.45) is 11.8 Å². The number of fused-ring (bicyclic) bond motifs is 1. The third kappa shape index (κ3) is 3.30. The lowest BCUT2D eigenvalue weighted by Crippen LogP contribution is -2.34. The molecule has 0 radical (unpaired) electrons. The number of hydrogen-bond donors (Lipinski definition) is 2. The molecule has 24 heavy (non-hydrogen) atoms. The predicted octanol–water partition coefficient (Wildman–Crippen LogP) is 2.33. The van der Waals surface area contributed by atoms with E-state index in [1.165, 1.54) is 10.9 Å². The maximum atomic E-state index is 12.2. The molecular formula is C19H25N3O2. The van der Waals surface area contributed by atoms with Gasteiger partial charge in [-0.2, -0.15) is 0 Å². The molecule has 1 saturated carbocycles. The minimum Gasteiger partial charge on any atom is -0.361 e. The van der Waals surface area contributed by atoms with Crippen LogP contribution in [0.1, 0.15) is 25.8 Å². The van der Waals surface area contributed by atoms with Crippen molar-refractivity contribution < 1.29 is 9.59 Å². The van der Waals surface area contributed by atoms with Gasteiger partial charge < -0.3 is 15.2 Å². The van der Waals surface area contributed by atoms with E-state index in [2.05, 4.69) is 16.4 Å². The van der Waals surface area contributed by atoms with Crippen LogP contribution < -0.4 is 5.32 Å². The minimum atomic E-state index is -0.138. The summed E-state index contributed by atoms with van der Waals surface area (Å²) in [6, 6.07) is 8.16. The molecule has 0 spiro atoms. The van der Waals surface area contributed by atoms with Gasteiger partial charge in [-0.15, -0.1) is 0 Å². The summed E-state index contributed by atoms with van der Waals surface area (Å²) in [6.45, 7) is 5.96. The number of aromatic amines is 1. The Kier molecular flexibility index (Phi) is 4.88. The fourth-order valence-electron chi connectivity index (χ4n) is 3.32. The second-order valence-electron chi connectivity index (χ2n) is 6.36. The number of rotatable bonds is 7. The summed E-state index contributed by atoms with van der Waals surface area (Å²) in [5.41, 5.74) is 2.32. The van der Waals surface area contributed by atoms with Crippen LogP contribution in [0.2, 0.25) is 0 Å². The van der Waals surface area contributed by atoms with Gasteiger partial charge in [-0.05, 0) is 38.3 Å². The molecule has 2 unspecified atom stereocenters. The SMILES string of the molecule is CCN(CC)C(=O)C1CC1C(=O)NCCc1c[nH]c2ccccc12. The quantitative estimate of drug-likeness (QED) is 0.820. The molecular weight excluding hydrogens is 302 g/mol. The highest BCUT2D eigenvalue weighted by atomic mass is 16.2. The van der Waals surface area contributed by atoms with Crippen LogP contribution in [0.5, 0.6) is 0 Å². The molecule has 0 aliphatic heterocycles. The number of nitrogens with zero attached hydrogens (tertiary/aromatic N) is 1. The van der Waals surface area contributed by atoms with E-state index in [0.717, 1.165) is 11.9 Å². The Morgan fingerprint density at radius 2 is 1.96 bits per heavy atom. The van der Waals surface area contributed by atoms with E-state index >= 15 is 0 Å². The first-order valence-electron chi connectivity index (χ1n) is 8.77. The van der Waals surface area contributed by atoms with Gasteiger partial charge in [-0.1, -0.05) is 18.2 Å². The molecule has 2 atom stereocenters. The first kappa shape index (κ1) is 16.6. The van der Waals surface area contributed by atoms with Gasteiger partial charge in [-0.25, -0.2) is 0 Å². The summed E-state index contributed by atoms with van der Waals surface area (Å²) >= 11 is 0. The van der Waals surface area contributed by atoms with E-state index in [4.69, 9.17) is 0 Å². The van der Waals surface area contributed by atoms with Crippen LogP contribution in [0, 0.1) is 11.8 Å². The van der Waals surface area contributed by atoms with E-state index in [0.29, 0.717) is 26.1 Å². The van der Waals surface area contributed by atoms with E-state index in [-0.39, 0.29) is 23.7 Å². The smallest absolute Gasteiger partial charge is 0.226 e. The second-order valence-corrected chi connectivity index (χ2v) is 6.36. The normalized spacial score (nSPS) is 19.2. The van der Waals surface area contributed by atoms with Crippen molar-refractivity contribution in [1.82, 2.24) is 15.2 Å². The molecule has 1 fully saturated rings. The number of H-pyrrole nitrogens is 1. The van der Waals surface area contributed by atoms with Gasteiger partial charge in [0.2, 0.25) is 11.8 Å². The van der Waals surface area contributed by atoms with Gasteiger partial charge in [0, 0.05) is 36.7 Å². The van der Waals surface area contributed by atoms with Crippen LogP contribution in [-0.2, 0) is 16.0 Å². The van der Waals surface area contributed by atoms with Crippen molar-refractivity contribution in [3.63, 3.8) is 0 Å². The third-order valence-corrected chi connectivity index (χ3v) is 4.89. The number of carbonyl (C=O) groups is 2. The average Bonchev–Trinajstić information content (AvgIpc) is 3.31. The molecule has 2 amide bonds. The molecule has 3 rings (SSSR count). The van der Waals surface area contributed by atoms with Crippen molar-refractivity contribution in [2.45, 2.75) is 26.7 Å². The molecule has 1 aromatic carbocycles. The van der Waals surface area contributed by atoms with Crippen LogP contribution in [0.15, 0.2) is 30.5 Å². The van der Waals surface area contributed by atoms with Crippen molar-refractivity contribution >= 4 is 22.7 Å². The lowest BCUT2D eigenvalue weighted by molar-refractivity contribution is -0.134. The van der Waals surface area contributed by atoms with Gasteiger partial charge in [0.15, 0.2) is 0 Å². The van der Waals surface area contributed by atoms with E-state index in [1.54, 1.807) is 0 Å². The van der Waals surface area contributed by atoms with Crippen molar-refractivity contribution in [3.8, 4) is 0 Å². The van der Waals surface area contributed by atoms with Crippen molar-refractivity contribution in [2.75, 3.05) is 19.6 Å². The molecule has 1 aromatic heterocycles. The molecule has 1 aliphatic rings. The minimum absolute atomic E-state index is 0.0142. The van der Waals surface area contributed by atoms with Crippen LogP contribution in [0.4, 0.5) is 0 Å². The van der Waals surface area contributed by atoms with E-state index in [1.807, 2.05) is 43.1 Å². The highest BCUT2D eigenvalue weighted by Crippen LogP contribution is 2.40. The Hall–Kier alpha value is -2.30. The predicted molar refractivity (Wildman–Crippen MR) is 94.5 cm³/mol. The number of hydrogen-bond acceptors (Lipinski definition) is 2. The van der Waals surface area contributed by atoms with Crippen LogP contribution in [-0.4, -0.2) is 41.3 Å². The van der Waals surface area contributed by atoms with E-state index < -0.39 is 0 Å². The lowest BCUT2D eigenvalue weighted by atomic mass is 10.1. The highest BCUT2D eigenvalue weighted by Gasteiger charge is 2.48. The number of aromatic nitrogens is 1. The molecule has 1 aliphatic carbocycles. The zero-order valence-corrected chi connectivity index (χ0v) is 14.3. The summed E-state index contributed by atoms with van der Waals surface area (Å²) in [5, 5.41) is 4.19. The second kappa shape index (κ2) is 7.07. The van der Waals surface area contributed by atoms with Crippen LogP contribution in [0.25, 0.3) is 10.9 Å². The Labute approximate surface area is 142 Å². The summed E-state index contributed by atoms with van der Waals surface area (Å²) in [6.07, 6.45) is 3.48. The fourth-order valence-corrected chi connectivity index (χ4v) is 3.32. The monoisotopic (exact) mass is 327 g/mol. The fraction of sp³-hybridized carbons (Fsp3) is 0.474. The molecule has 0 bridgehead atoms. The zero-order chi connectivity index (χ0) is 17.1. The van der Waals surface area contributed by atoms with Gasteiger partial charge in [-0.3, -0.25) is 9.59 Å². The van der Waals surface area contributed by atoms with Crippen molar-refractivity contribution in [3.05, 3.63) is 36.0 Å². The molecule has 5 heteroatoms. The Morgan fingerprint density at radius 1 is 1.21 bits per heavy atom. The maximum absolute atomic E-state index is 12.2. The summed E-state index contributed by atoms with van der Waals surface area (Å²) in [7, 11) is 0. The molecule has 128 valence electrons. The number of carbonyl (C=O) groups excluding carboxylic acids is 2. The maximum Gasteiger partial charge on any atom is 0.226 e. The van der Waals surface area contributed by atoms with Crippen LogP contribution >= 0.6 is 0 Å². The average molecular weight is 327 g/mol. The Morgan fingerprint density at radius 3 is 2.71 bits per heavy atom. The number of nitrogens with one attached hydrogen (secondary N) is 2. The van der Waals surface area contributed by atoms with E-state index in [9.17, 15) is 9.59 Å². The van der Waals surface area contributed by atoms with Crippen LogP contribution in [0.3, 0.4) is 0 Å². The number of benzene rings is 1. The topological polar surface area (TPSA) is 65.2 Å². The highest BCUT2D eigenvalue weighted by molar-refractivity contribution is 5.92. The largest absolute Gasteiger partial charge is 0.361 e. The third-order valence-electron chi connectivity index (χ3n) is 4.89. The first-order chi connectivity index (χ1) is 11.7. The number of para-hydroxylation sites is 1. The van der Waals surface area contributed by atoms with Crippen molar-refractivity contribution in [1.29, 1.82) is 0 Å². The first-order valence-corrected chi connectivity index (χ1v) is 8.77. The Bertz CT molecular complexity index is 733. The molecule has 2 N–H and O–H groups in total. The standard InChI is InChI=1S/C19H25N3O2/c1-3-22(4-2)19(24)16-11-15(16)18(23)20-10-9-13-12-21-17-8-6-5-7-14(13)17/h5-8,12,15-16,21H,3-4,9-11H2,1-2H3,(H,20,23). The summed E-state index contributed by atoms with van der Waals surface area (Å²) < 4.78 is 0. The molecule has 1 heterocycles. The van der Waals surface area contributed by atoms with Gasteiger partial charge in [0.1, 0.15) is 0 Å². The lowest BCUT2D eigenvalue weighted by Gasteiger charge is -2.18. The zero-order valence-electron chi connectivity index (χ0n) is 14.3. The van der Waals surface area contributed by atoms with Gasteiger partial charge >= 0.3 is 0 Å². The Balaban J connectivity index is 1.48.